The zero-order chi connectivity index (χ0) is 13.9. The van der Waals surface area contributed by atoms with Gasteiger partial charge in [0.25, 0.3) is 0 Å². The monoisotopic (exact) mass is 312 g/mol. The average molecular weight is 313 g/mol. The molecule has 0 N–H and O–H groups in total. The number of benzene rings is 1. The van der Waals surface area contributed by atoms with Gasteiger partial charge in [0.2, 0.25) is 0 Å². The predicted molar refractivity (Wildman–Crippen MR) is 83.3 cm³/mol. The van der Waals surface area contributed by atoms with E-state index >= 15 is 0 Å². The van der Waals surface area contributed by atoms with Crippen molar-refractivity contribution in [2.75, 3.05) is 26.2 Å². The molecule has 1 atom stereocenters. The smallest absolute Gasteiger partial charge is 0.192 e. The molecule has 0 aliphatic carbocycles. The van der Waals surface area contributed by atoms with Gasteiger partial charge in [-0.15, -0.1) is 4.31 Å². The van der Waals surface area contributed by atoms with Crippen LogP contribution in [-0.4, -0.2) is 46.0 Å². The summed E-state index contributed by atoms with van der Waals surface area (Å²) < 4.78 is 14.7. The average Bonchev–Trinajstić information content (AvgIpc) is 3.01. The first-order valence-corrected chi connectivity index (χ1v) is 8.89. The molecule has 110 valence electrons. The van der Waals surface area contributed by atoms with E-state index < -0.39 is 11.4 Å². The first-order valence-electron chi connectivity index (χ1n) is 7.41. The highest BCUT2D eigenvalue weighted by molar-refractivity contribution is 7.89. The fraction of sp³-hybridized carbons (Fsp3) is 0.600. The number of likely N-dealkylation sites (tertiary alicyclic amines) is 1. The van der Waals surface area contributed by atoms with Crippen LogP contribution in [0.3, 0.4) is 0 Å². The van der Waals surface area contributed by atoms with E-state index in [9.17, 15) is 4.55 Å². The summed E-state index contributed by atoms with van der Waals surface area (Å²) in [6.07, 6.45) is 4.92. The Kier molecular flexibility index (Phi) is 4.89. The summed E-state index contributed by atoms with van der Waals surface area (Å²) in [6.45, 7) is 4.30. The van der Waals surface area contributed by atoms with E-state index in [0.29, 0.717) is 11.1 Å². The predicted octanol–water partition coefficient (Wildman–Crippen LogP) is 2.92. The van der Waals surface area contributed by atoms with Gasteiger partial charge in [0.15, 0.2) is 4.90 Å². The summed E-state index contributed by atoms with van der Waals surface area (Å²) in [5, 5.41) is 0.604. The molecular formula is C15H21ClN2OS. The van der Waals surface area contributed by atoms with Crippen molar-refractivity contribution in [1.29, 1.82) is 0 Å². The highest BCUT2D eigenvalue weighted by Crippen LogP contribution is 2.28. The Labute approximate surface area is 129 Å². The van der Waals surface area contributed by atoms with Gasteiger partial charge in [-0.3, -0.25) is 0 Å². The topological polar surface area (TPSA) is 29.5 Å². The summed E-state index contributed by atoms with van der Waals surface area (Å²) >= 11 is 5.03. The molecule has 0 saturated carbocycles. The lowest BCUT2D eigenvalue weighted by Crippen LogP contribution is -2.45. The molecule has 20 heavy (non-hydrogen) atoms. The molecule has 0 radical (unpaired) electrons. The second-order valence-electron chi connectivity index (χ2n) is 5.58. The second kappa shape index (κ2) is 6.67. The number of nitrogens with zero attached hydrogens (tertiary/aromatic N) is 2. The van der Waals surface area contributed by atoms with Crippen molar-refractivity contribution in [3.05, 3.63) is 29.3 Å². The minimum absolute atomic E-state index is 0.604. The number of rotatable bonds is 3. The van der Waals surface area contributed by atoms with E-state index in [2.05, 4.69) is 9.21 Å². The van der Waals surface area contributed by atoms with Gasteiger partial charge in [0.05, 0.1) is 16.4 Å². The van der Waals surface area contributed by atoms with Gasteiger partial charge in [-0.05, 0) is 50.9 Å². The van der Waals surface area contributed by atoms with E-state index in [1.165, 1.54) is 25.9 Å². The normalized spacial score (nSPS) is 24.1. The molecule has 3 nitrogen and oxygen atoms in total. The van der Waals surface area contributed by atoms with Crippen LogP contribution in [0, 0.1) is 0 Å². The Morgan fingerprint density at radius 3 is 2.35 bits per heavy atom. The van der Waals surface area contributed by atoms with E-state index in [0.717, 1.165) is 30.8 Å². The van der Waals surface area contributed by atoms with Gasteiger partial charge in [-0.1, -0.05) is 23.7 Å². The molecule has 3 rings (SSSR count). The lowest BCUT2D eigenvalue weighted by Gasteiger charge is -2.36. The van der Waals surface area contributed by atoms with Crippen molar-refractivity contribution < 1.29 is 4.55 Å². The molecule has 5 heteroatoms. The fourth-order valence-corrected chi connectivity index (χ4v) is 4.79. The van der Waals surface area contributed by atoms with Crippen molar-refractivity contribution in [2.45, 2.75) is 36.6 Å². The standard InChI is InChI=1S/C15H21ClN2OS/c16-14-5-1-2-6-15(14)20(19)18-11-7-13(8-12-18)17-9-3-4-10-17/h1-2,5-6,13H,3-4,7-12H2. The first-order chi connectivity index (χ1) is 9.75. The fourth-order valence-electron chi connectivity index (χ4n) is 3.21. The molecule has 0 bridgehead atoms. The molecule has 0 amide bonds. The number of piperidine rings is 1. The molecule has 2 saturated heterocycles. The van der Waals surface area contributed by atoms with Crippen molar-refractivity contribution in [2.24, 2.45) is 0 Å². The molecule has 2 fully saturated rings. The van der Waals surface area contributed by atoms with Crippen molar-refractivity contribution in [1.82, 2.24) is 9.21 Å². The summed E-state index contributed by atoms with van der Waals surface area (Å²) in [6, 6.07) is 8.15. The second-order valence-corrected chi connectivity index (χ2v) is 7.44. The Morgan fingerprint density at radius 1 is 1.05 bits per heavy atom. The third-order valence-corrected chi connectivity index (χ3v) is 6.35. The molecule has 0 aromatic heterocycles. The van der Waals surface area contributed by atoms with Crippen LogP contribution in [0.5, 0.6) is 0 Å². The Hall–Kier alpha value is -0.260. The van der Waals surface area contributed by atoms with Gasteiger partial charge in [0, 0.05) is 19.1 Å². The first kappa shape index (κ1) is 14.7. The quantitative estimate of drug-likeness (QED) is 0.804. The molecule has 0 spiro atoms. The van der Waals surface area contributed by atoms with Gasteiger partial charge < -0.3 is 9.45 Å². The van der Waals surface area contributed by atoms with Crippen LogP contribution in [0.1, 0.15) is 25.7 Å². The lowest BCUT2D eigenvalue weighted by molar-refractivity contribution is 0.168. The summed E-state index contributed by atoms with van der Waals surface area (Å²) in [4.78, 5) is 3.35. The van der Waals surface area contributed by atoms with E-state index in [1.54, 1.807) is 0 Å². The lowest BCUT2D eigenvalue weighted by atomic mass is 10.1. The maximum atomic E-state index is 12.6. The van der Waals surface area contributed by atoms with Crippen LogP contribution in [0.2, 0.25) is 5.02 Å². The number of hydrogen-bond donors (Lipinski definition) is 0. The number of hydrogen-bond acceptors (Lipinski definition) is 3. The van der Waals surface area contributed by atoms with Gasteiger partial charge in [-0.25, -0.2) is 0 Å². The summed E-state index contributed by atoms with van der Waals surface area (Å²) in [5.41, 5.74) is 0. The maximum absolute atomic E-state index is 12.6. The number of halogens is 1. The molecule has 2 aliphatic rings. The third-order valence-electron chi connectivity index (χ3n) is 4.34. The third kappa shape index (κ3) is 3.15. The minimum Gasteiger partial charge on any atom is -0.593 e. The van der Waals surface area contributed by atoms with Crippen LogP contribution in [0.15, 0.2) is 29.2 Å². The Morgan fingerprint density at radius 2 is 1.70 bits per heavy atom. The van der Waals surface area contributed by atoms with Gasteiger partial charge in [-0.2, -0.15) is 0 Å². The van der Waals surface area contributed by atoms with Crippen molar-refractivity contribution >= 4 is 23.0 Å². The largest absolute Gasteiger partial charge is 0.593 e. The molecular weight excluding hydrogens is 292 g/mol. The molecule has 1 aromatic carbocycles. The summed E-state index contributed by atoms with van der Waals surface area (Å²) in [5.74, 6) is 0. The molecule has 1 unspecified atom stereocenters. The molecule has 2 heterocycles. The molecule has 2 aliphatic heterocycles. The van der Waals surface area contributed by atoms with Crippen molar-refractivity contribution in [3.63, 3.8) is 0 Å². The van der Waals surface area contributed by atoms with Crippen LogP contribution >= 0.6 is 11.6 Å². The highest BCUT2D eigenvalue weighted by Gasteiger charge is 2.32. The van der Waals surface area contributed by atoms with E-state index in [4.69, 9.17) is 11.6 Å². The zero-order valence-electron chi connectivity index (χ0n) is 11.6. The van der Waals surface area contributed by atoms with Crippen LogP contribution in [-0.2, 0) is 11.4 Å². The van der Waals surface area contributed by atoms with Crippen molar-refractivity contribution in [3.8, 4) is 0 Å². The maximum Gasteiger partial charge on any atom is 0.192 e. The van der Waals surface area contributed by atoms with E-state index in [1.807, 2.05) is 24.3 Å². The van der Waals surface area contributed by atoms with Gasteiger partial charge in [0.1, 0.15) is 0 Å². The van der Waals surface area contributed by atoms with E-state index in [-0.39, 0.29) is 0 Å². The van der Waals surface area contributed by atoms with Crippen LogP contribution < -0.4 is 0 Å². The Bertz CT molecular complexity index is 445. The minimum atomic E-state index is -1.11. The van der Waals surface area contributed by atoms with Crippen LogP contribution in [0.25, 0.3) is 0 Å². The highest BCUT2D eigenvalue weighted by atomic mass is 35.5. The SMILES string of the molecule is [O-][S+](c1ccccc1Cl)N1CCC(N2CCCC2)CC1. The zero-order valence-corrected chi connectivity index (χ0v) is 13.2. The Balaban J connectivity index is 1.59. The summed E-state index contributed by atoms with van der Waals surface area (Å²) in [7, 11) is 0. The van der Waals surface area contributed by atoms with Gasteiger partial charge >= 0.3 is 0 Å². The molecule has 1 aromatic rings. The van der Waals surface area contributed by atoms with Crippen LogP contribution in [0.4, 0.5) is 0 Å².